The molecule has 22 heavy (non-hydrogen) atoms. The average Bonchev–Trinajstić information content (AvgIpc) is 2.54. The summed E-state index contributed by atoms with van der Waals surface area (Å²) in [7, 11) is 0. The van der Waals surface area contributed by atoms with Crippen molar-refractivity contribution in [2.24, 2.45) is 0 Å². The molecule has 2 aromatic rings. The molecule has 114 valence electrons. The van der Waals surface area contributed by atoms with Gasteiger partial charge in [0, 0.05) is 5.56 Å². The van der Waals surface area contributed by atoms with Crippen molar-refractivity contribution in [3.8, 4) is 0 Å². The standard InChI is InChI=1S/C20H23NO/c1-14-7-3-6-10-19(14)15(2)21-20(22)18-12-11-16-8-4-5-9-17(16)13-18/h3,6-7,10-13,15H,4-5,8-9H2,1-2H3,(H,21,22)/t15-/m0/s1. The van der Waals surface area contributed by atoms with Crippen LogP contribution in [0.5, 0.6) is 0 Å². The van der Waals surface area contributed by atoms with Crippen LogP contribution >= 0.6 is 0 Å². The molecule has 0 unspecified atom stereocenters. The van der Waals surface area contributed by atoms with Crippen LogP contribution in [0.4, 0.5) is 0 Å². The molecule has 0 aliphatic heterocycles. The van der Waals surface area contributed by atoms with Crippen LogP contribution in [-0.4, -0.2) is 5.91 Å². The van der Waals surface area contributed by atoms with E-state index < -0.39 is 0 Å². The molecular formula is C20H23NO. The molecule has 0 saturated carbocycles. The van der Waals surface area contributed by atoms with Crippen molar-refractivity contribution in [2.75, 3.05) is 0 Å². The Morgan fingerprint density at radius 1 is 1.05 bits per heavy atom. The third kappa shape index (κ3) is 3.06. The van der Waals surface area contributed by atoms with Gasteiger partial charge in [-0.15, -0.1) is 0 Å². The largest absolute Gasteiger partial charge is 0.346 e. The van der Waals surface area contributed by atoms with E-state index in [1.165, 1.54) is 35.1 Å². The summed E-state index contributed by atoms with van der Waals surface area (Å²) in [5, 5.41) is 3.12. The number of fused-ring (bicyclic) bond motifs is 1. The first-order valence-corrected chi connectivity index (χ1v) is 8.13. The zero-order valence-corrected chi connectivity index (χ0v) is 13.4. The molecule has 1 atom stereocenters. The number of benzene rings is 2. The van der Waals surface area contributed by atoms with Gasteiger partial charge >= 0.3 is 0 Å². The van der Waals surface area contributed by atoms with Crippen molar-refractivity contribution in [2.45, 2.75) is 45.6 Å². The van der Waals surface area contributed by atoms with E-state index in [4.69, 9.17) is 0 Å². The van der Waals surface area contributed by atoms with E-state index in [9.17, 15) is 4.79 Å². The molecule has 1 aliphatic carbocycles. The summed E-state index contributed by atoms with van der Waals surface area (Å²) in [6.45, 7) is 4.12. The predicted octanol–water partition coefficient (Wildman–Crippen LogP) is 4.36. The topological polar surface area (TPSA) is 29.1 Å². The summed E-state index contributed by atoms with van der Waals surface area (Å²) in [5.74, 6) is 0.0177. The van der Waals surface area contributed by atoms with Gasteiger partial charge in [-0.25, -0.2) is 0 Å². The number of amides is 1. The minimum atomic E-state index is 0.0177. The maximum absolute atomic E-state index is 12.5. The lowest BCUT2D eigenvalue weighted by Gasteiger charge is -2.19. The molecule has 2 nitrogen and oxygen atoms in total. The summed E-state index contributed by atoms with van der Waals surface area (Å²) >= 11 is 0. The molecule has 0 radical (unpaired) electrons. The fraction of sp³-hybridized carbons (Fsp3) is 0.350. The predicted molar refractivity (Wildman–Crippen MR) is 90.1 cm³/mol. The maximum Gasteiger partial charge on any atom is 0.251 e. The van der Waals surface area contributed by atoms with Crippen LogP contribution < -0.4 is 5.32 Å². The van der Waals surface area contributed by atoms with Gasteiger partial charge in [-0.1, -0.05) is 30.3 Å². The number of nitrogens with one attached hydrogen (secondary N) is 1. The SMILES string of the molecule is Cc1ccccc1[C@H](C)NC(=O)c1ccc2c(c1)CCCC2. The molecule has 1 amide bonds. The van der Waals surface area contributed by atoms with E-state index in [0.717, 1.165) is 18.4 Å². The number of carbonyl (C=O) groups excluding carboxylic acids is 1. The Hall–Kier alpha value is -2.09. The highest BCUT2D eigenvalue weighted by Crippen LogP contribution is 2.23. The van der Waals surface area contributed by atoms with Crippen LogP contribution in [0.15, 0.2) is 42.5 Å². The zero-order valence-electron chi connectivity index (χ0n) is 13.4. The zero-order chi connectivity index (χ0) is 15.5. The second kappa shape index (κ2) is 6.35. The molecule has 0 spiro atoms. The molecule has 2 heteroatoms. The molecule has 0 fully saturated rings. The minimum Gasteiger partial charge on any atom is -0.346 e. The van der Waals surface area contributed by atoms with Crippen molar-refractivity contribution in [1.82, 2.24) is 5.32 Å². The summed E-state index contributed by atoms with van der Waals surface area (Å²) in [4.78, 5) is 12.5. The fourth-order valence-electron chi connectivity index (χ4n) is 3.31. The Bertz CT molecular complexity index is 690. The molecule has 1 N–H and O–H groups in total. The molecule has 3 rings (SSSR count). The first kappa shape index (κ1) is 14.8. The van der Waals surface area contributed by atoms with Gasteiger partial charge in [0.1, 0.15) is 0 Å². The van der Waals surface area contributed by atoms with Crippen LogP contribution in [0, 0.1) is 6.92 Å². The van der Waals surface area contributed by atoms with Crippen molar-refractivity contribution >= 4 is 5.91 Å². The summed E-state index contributed by atoms with van der Waals surface area (Å²) in [6.07, 6.45) is 4.75. The molecule has 2 aromatic carbocycles. The van der Waals surface area contributed by atoms with Crippen molar-refractivity contribution in [3.05, 3.63) is 70.3 Å². The normalized spacial score (nSPS) is 15.0. The summed E-state index contributed by atoms with van der Waals surface area (Å²) in [5.41, 5.74) is 5.92. The van der Waals surface area contributed by atoms with E-state index in [2.05, 4.69) is 36.5 Å². The average molecular weight is 293 g/mol. The first-order valence-electron chi connectivity index (χ1n) is 8.13. The highest BCUT2D eigenvalue weighted by atomic mass is 16.1. The van der Waals surface area contributed by atoms with E-state index in [1.807, 2.05) is 25.1 Å². The fourth-order valence-corrected chi connectivity index (χ4v) is 3.31. The van der Waals surface area contributed by atoms with Gasteiger partial charge in [0.05, 0.1) is 6.04 Å². The molecular weight excluding hydrogens is 270 g/mol. The quantitative estimate of drug-likeness (QED) is 0.894. The minimum absolute atomic E-state index is 0.0177. The van der Waals surface area contributed by atoms with Crippen molar-refractivity contribution < 1.29 is 4.79 Å². The highest BCUT2D eigenvalue weighted by Gasteiger charge is 2.15. The van der Waals surface area contributed by atoms with Gasteiger partial charge in [0.2, 0.25) is 0 Å². The summed E-state index contributed by atoms with van der Waals surface area (Å²) < 4.78 is 0. The van der Waals surface area contributed by atoms with Crippen LogP contribution in [-0.2, 0) is 12.8 Å². The first-order chi connectivity index (χ1) is 10.6. The van der Waals surface area contributed by atoms with Crippen LogP contribution in [0.3, 0.4) is 0 Å². The van der Waals surface area contributed by atoms with Crippen LogP contribution in [0.2, 0.25) is 0 Å². The monoisotopic (exact) mass is 293 g/mol. The Balaban J connectivity index is 1.76. The van der Waals surface area contributed by atoms with Gasteiger partial charge in [0.25, 0.3) is 5.91 Å². The number of carbonyl (C=O) groups is 1. The Morgan fingerprint density at radius 2 is 1.77 bits per heavy atom. The highest BCUT2D eigenvalue weighted by molar-refractivity contribution is 5.94. The van der Waals surface area contributed by atoms with E-state index in [1.54, 1.807) is 0 Å². The molecule has 0 heterocycles. The molecule has 0 bridgehead atoms. The van der Waals surface area contributed by atoms with Gasteiger partial charge in [-0.05, 0) is 73.9 Å². The van der Waals surface area contributed by atoms with E-state index in [-0.39, 0.29) is 11.9 Å². The second-order valence-electron chi connectivity index (χ2n) is 6.24. The van der Waals surface area contributed by atoms with Gasteiger partial charge in [-0.2, -0.15) is 0 Å². The van der Waals surface area contributed by atoms with Crippen molar-refractivity contribution in [3.63, 3.8) is 0 Å². The van der Waals surface area contributed by atoms with Crippen LogP contribution in [0.1, 0.15) is 58.4 Å². The van der Waals surface area contributed by atoms with E-state index in [0.29, 0.717) is 0 Å². The number of hydrogen-bond donors (Lipinski definition) is 1. The molecule has 0 saturated heterocycles. The molecule has 0 aromatic heterocycles. The number of aryl methyl sites for hydroxylation is 3. The van der Waals surface area contributed by atoms with Crippen LogP contribution in [0.25, 0.3) is 0 Å². The summed E-state index contributed by atoms with van der Waals surface area (Å²) in [6, 6.07) is 14.4. The lowest BCUT2D eigenvalue weighted by molar-refractivity contribution is 0.0939. The third-order valence-electron chi connectivity index (χ3n) is 4.61. The Morgan fingerprint density at radius 3 is 2.55 bits per heavy atom. The smallest absolute Gasteiger partial charge is 0.251 e. The number of rotatable bonds is 3. The van der Waals surface area contributed by atoms with Gasteiger partial charge in [-0.3, -0.25) is 4.79 Å². The number of hydrogen-bond acceptors (Lipinski definition) is 1. The van der Waals surface area contributed by atoms with Gasteiger partial charge in [0.15, 0.2) is 0 Å². The second-order valence-corrected chi connectivity index (χ2v) is 6.24. The Labute approximate surface area is 132 Å². The van der Waals surface area contributed by atoms with E-state index >= 15 is 0 Å². The Kier molecular flexibility index (Phi) is 4.28. The van der Waals surface area contributed by atoms with Crippen molar-refractivity contribution in [1.29, 1.82) is 0 Å². The maximum atomic E-state index is 12.5. The van der Waals surface area contributed by atoms with Gasteiger partial charge < -0.3 is 5.32 Å². The molecule has 1 aliphatic rings. The lowest BCUT2D eigenvalue weighted by Crippen LogP contribution is -2.27. The lowest BCUT2D eigenvalue weighted by atomic mass is 9.90. The third-order valence-corrected chi connectivity index (χ3v) is 4.61.